The van der Waals surface area contributed by atoms with E-state index in [9.17, 15) is 14.4 Å². The Balaban J connectivity index is 1.20. The Bertz CT molecular complexity index is 1200. The number of alkyl halides is 2. The van der Waals surface area contributed by atoms with Gasteiger partial charge in [-0.1, -0.05) is 19.4 Å². The Labute approximate surface area is 258 Å². The van der Waals surface area contributed by atoms with Crippen molar-refractivity contribution < 1.29 is 23.9 Å². The lowest BCUT2D eigenvalue weighted by molar-refractivity contribution is -0.166. The van der Waals surface area contributed by atoms with Gasteiger partial charge >= 0.3 is 5.97 Å². The number of allylic oxidation sites excluding steroid dienone is 1. The van der Waals surface area contributed by atoms with Crippen molar-refractivity contribution in [2.75, 3.05) is 42.9 Å². The van der Waals surface area contributed by atoms with Crippen LogP contribution in [0.25, 0.3) is 0 Å². The molecule has 1 heterocycles. The summed E-state index contributed by atoms with van der Waals surface area (Å²) in [5.74, 6) is 1.68. The van der Waals surface area contributed by atoms with Crippen molar-refractivity contribution in [2.24, 2.45) is 34.3 Å². The number of Topliss-reactive ketones (excluding diaryl/α,β-unsaturated/α-hetero) is 1. The highest BCUT2D eigenvalue weighted by Crippen LogP contribution is 2.64. The number of carbonyl (C=O) groups excluding carboxylic acids is 3. The van der Waals surface area contributed by atoms with Gasteiger partial charge in [-0.3, -0.25) is 14.4 Å². The van der Waals surface area contributed by atoms with E-state index in [1.165, 1.54) is 0 Å². The van der Waals surface area contributed by atoms with Gasteiger partial charge in [-0.25, -0.2) is 0 Å². The van der Waals surface area contributed by atoms with Crippen LogP contribution in [-0.4, -0.2) is 67.8 Å². The first-order valence-electron chi connectivity index (χ1n) is 15.2. The van der Waals surface area contributed by atoms with E-state index in [1.54, 1.807) is 6.08 Å². The first-order chi connectivity index (χ1) is 20.1. The van der Waals surface area contributed by atoms with Crippen LogP contribution in [0, 0.1) is 28.6 Å². The van der Waals surface area contributed by atoms with Crippen molar-refractivity contribution in [1.82, 2.24) is 5.32 Å². The number of anilines is 1. The molecule has 42 heavy (non-hydrogen) atoms. The molecular weight excluding hydrogens is 577 g/mol. The maximum atomic E-state index is 13.9. The second kappa shape index (κ2) is 12.7. The Kier molecular flexibility index (Phi) is 9.45. The molecule has 0 aromatic heterocycles. The molecule has 3 saturated carbocycles. The molecule has 3 aliphatic carbocycles. The summed E-state index contributed by atoms with van der Waals surface area (Å²) in [7, 11) is 0. The number of rotatable bonds is 10. The van der Waals surface area contributed by atoms with E-state index in [0.717, 1.165) is 43.4 Å². The highest BCUT2D eigenvalue weighted by molar-refractivity contribution is 6.18. The summed E-state index contributed by atoms with van der Waals surface area (Å²) in [4.78, 5) is 41.3. The molecule has 5 rings (SSSR count). The number of carbonyl (C=O) groups is 3. The summed E-state index contributed by atoms with van der Waals surface area (Å²) in [6.07, 6.45) is 5.88. The van der Waals surface area contributed by atoms with Crippen LogP contribution >= 0.6 is 23.2 Å². The van der Waals surface area contributed by atoms with E-state index < -0.39 is 17.4 Å². The lowest BCUT2D eigenvalue weighted by Gasteiger charge is -2.55. The van der Waals surface area contributed by atoms with Gasteiger partial charge in [0, 0.05) is 66.3 Å². The summed E-state index contributed by atoms with van der Waals surface area (Å²) >= 11 is 11.8. The van der Waals surface area contributed by atoms with Crippen LogP contribution in [-0.2, 0) is 19.1 Å². The lowest BCUT2D eigenvalue weighted by atomic mass is 9.48. The van der Waals surface area contributed by atoms with Crippen molar-refractivity contribution in [2.45, 2.75) is 64.5 Å². The van der Waals surface area contributed by atoms with Crippen LogP contribution in [0.4, 0.5) is 5.69 Å². The number of halogens is 2. The standard InChI is InChI=1S/C32H43Cl2N3O5/c1-31-11-14-36-28(39)17-20(31)3-8-23-24-9-10-27(32(24,2)18-26(38)29(23)31)42-30(40)25(35)19-41-22-6-4-21(5-7-22)37(15-12-33)16-13-34/h4-7,17,23-25,27,29H,3,8-16,18-19,35H2,1-2H3,(H,36,39)/t23-,24-,25-,27-,29+,31-,32-/m0/s1. The van der Waals surface area contributed by atoms with Crippen molar-refractivity contribution in [3.63, 3.8) is 0 Å². The molecule has 1 amide bonds. The summed E-state index contributed by atoms with van der Waals surface area (Å²) in [6, 6.07) is 6.58. The number of esters is 1. The third kappa shape index (κ3) is 5.91. The molecule has 1 aromatic rings. The number of benzene rings is 1. The predicted molar refractivity (Wildman–Crippen MR) is 164 cm³/mol. The van der Waals surface area contributed by atoms with E-state index >= 15 is 0 Å². The topological polar surface area (TPSA) is 111 Å². The molecule has 1 aliphatic heterocycles. The zero-order chi connectivity index (χ0) is 30.1. The zero-order valence-electron chi connectivity index (χ0n) is 24.6. The van der Waals surface area contributed by atoms with Gasteiger partial charge in [-0.05, 0) is 68.2 Å². The number of hydrogen-bond donors (Lipinski definition) is 2. The zero-order valence-corrected chi connectivity index (χ0v) is 26.1. The number of nitrogens with two attached hydrogens (primary N) is 1. The summed E-state index contributed by atoms with van der Waals surface area (Å²) < 4.78 is 11.9. The molecule has 3 N–H and O–H groups in total. The predicted octanol–water partition coefficient (Wildman–Crippen LogP) is 4.46. The normalized spacial score (nSPS) is 32.8. The first kappa shape index (κ1) is 31.1. The summed E-state index contributed by atoms with van der Waals surface area (Å²) in [5.41, 5.74) is 7.60. The van der Waals surface area contributed by atoms with Crippen molar-refractivity contribution in [3.8, 4) is 5.75 Å². The van der Waals surface area contributed by atoms with Crippen LogP contribution in [0.1, 0.15) is 52.4 Å². The van der Waals surface area contributed by atoms with E-state index in [2.05, 4.69) is 24.1 Å². The molecular formula is C32H43Cl2N3O5. The molecule has 0 bridgehead atoms. The number of fused-ring (bicyclic) bond motifs is 5. The van der Waals surface area contributed by atoms with Crippen LogP contribution in [0.2, 0.25) is 0 Å². The minimum Gasteiger partial charge on any atom is -0.491 e. The van der Waals surface area contributed by atoms with Crippen LogP contribution in [0.3, 0.4) is 0 Å². The van der Waals surface area contributed by atoms with Gasteiger partial charge in [0.15, 0.2) is 0 Å². The Morgan fingerprint density at radius 1 is 1.12 bits per heavy atom. The number of amides is 1. The molecule has 7 atom stereocenters. The molecule has 1 aromatic carbocycles. The quantitative estimate of drug-likeness (QED) is 0.294. The number of ether oxygens (including phenoxy) is 2. The molecule has 0 unspecified atom stereocenters. The largest absolute Gasteiger partial charge is 0.491 e. The monoisotopic (exact) mass is 619 g/mol. The first-order valence-corrected chi connectivity index (χ1v) is 16.2. The number of nitrogens with zero attached hydrogens (tertiary/aromatic N) is 1. The second-order valence-electron chi connectivity index (χ2n) is 12.8. The maximum absolute atomic E-state index is 13.9. The third-order valence-electron chi connectivity index (χ3n) is 10.5. The number of hydrogen-bond acceptors (Lipinski definition) is 7. The highest BCUT2D eigenvalue weighted by atomic mass is 35.5. The van der Waals surface area contributed by atoms with E-state index in [-0.39, 0.29) is 47.6 Å². The van der Waals surface area contributed by atoms with Crippen molar-refractivity contribution >= 4 is 46.5 Å². The Hall–Kier alpha value is -2.29. The van der Waals surface area contributed by atoms with Crippen molar-refractivity contribution in [1.29, 1.82) is 0 Å². The minimum absolute atomic E-state index is 0.0119. The van der Waals surface area contributed by atoms with Crippen molar-refractivity contribution in [3.05, 3.63) is 35.9 Å². The molecule has 10 heteroatoms. The van der Waals surface area contributed by atoms with Gasteiger partial charge in [0.25, 0.3) is 0 Å². The molecule has 230 valence electrons. The van der Waals surface area contributed by atoms with Gasteiger partial charge in [0.1, 0.15) is 30.3 Å². The van der Waals surface area contributed by atoms with Gasteiger partial charge in [-0.2, -0.15) is 0 Å². The average Bonchev–Trinajstić information content (AvgIpc) is 3.18. The summed E-state index contributed by atoms with van der Waals surface area (Å²) in [5, 5.41) is 2.95. The second-order valence-corrected chi connectivity index (χ2v) is 13.6. The van der Waals surface area contributed by atoms with E-state index in [4.69, 9.17) is 38.4 Å². The van der Waals surface area contributed by atoms with Gasteiger partial charge < -0.3 is 25.4 Å². The Morgan fingerprint density at radius 3 is 2.52 bits per heavy atom. The summed E-state index contributed by atoms with van der Waals surface area (Å²) in [6.45, 7) is 6.24. The van der Waals surface area contributed by atoms with Gasteiger partial charge in [-0.15, -0.1) is 23.2 Å². The minimum atomic E-state index is -0.944. The fourth-order valence-corrected chi connectivity index (χ4v) is 8.76. The highest BCUT2D eigenvalue weighted by Gasteiger charge is 2.63. The van der Waals surface area contributed by atoms with Crippen LogP contribution in [0.15, 0.2) is 35.9 Å². The molecule has 0 radical (unpaired) electrons. The van der Waals surface area contributed by atoms with E-state index in [0.29, 0.717) is 43.6 Å². The third-order valence-corrected chi connectivity index (χ3v) is 10.8. The molecule has 4 aliphatic rings. The molecule has 3 fully saturated rings. The molecule has 8 nitrogen and oxygen atoms in total. The maximum Gasteiger partial charge on any atom is 0.326 e. The van der Waals surface area contributed by atoms with E-state index in [1.807, 2.05) is 24.3 Å². The molecule has 0 saturated heterocycles. The lowest BCUT2D eigenvalue weighted by Crippen LogP contribution is -2.55. The average molecular weight is 621 g/mol. The Morgan fingerprint density at radius 2 is 1.83 bits per heavy atom. The fraction of sp³-hybridized carbons (Fsp3) is 0.656. The van der Waals surface area contributed by atoms with Gasteiger partial charge in [0.2, 0.25) is 5.91 Å². The van der Waals surface area contributed by atoms with Crippen LogP contribution < -0.4 is 20.7 Å². The van der Waals surface area contributed by atoms with Gasteiger partial charge in [0.05, 0.1) is 0 Å². The SMILES string of the molecule is C[C@]12CC(=O)[C@H]3[C@@H](CCC4=CC(=O)NCC[C@@]43C)[C@@H]1CC[C@@H]2OC(=O)[C@@H](N)COc1ccc(N(CCCl)CCCl)cc1. The molecule has 0 spiro atoms. The fourth-order valence-electron chi connectivity index (χ4n) is 8.35. The number of nitrogens with one attached hydrogen (secondary N) is 1. The smallest absolute Gasteiger partial charge is 0.326 e. The number of ketones is 1. The van der Waals surface area contributed by atoms with Crippen LogP contribution in [0.5, 0.6) is 5.75 Å².